The number of fused-ring (bicyclic) bond motifs is 1. The van der Waals surface area contributed by atoms with Crippen molar-refractivity contribution >= 4 is 11.0 Å². The minimum absolute atomic E-state index is 0.0112. The van der Waals surface area contributed by atoms with Gasteiger partial charge in [0.05, 0.1) is 28.0 Å². The molecule has 2 heterocycles. The van der Waals surface area contributed by atoms with Crippen molar-refractivity contribution in [2.24, 2.45) is 0 Å². The number of phenolic OH excluding ortho intramolecular Hbond substituents is 1. The quantitative estimate of drug-likeness (QED) is 0.157. The standard InChI is InChI=1S/C63H55N3O/c1-40(2)48-27-30-58(55(38-48)47-25-28-53(29-26-47)63(5,6)7)66-59-20-14-19-54(60(59)65-62(66)56-34-41(3)33-42(4)61(56)67)51-35-50(44-17-12-9-13-18-44)36-52(37-51)57-39-49(31-32-64-57)46-23-21-45(22-24-46)43-15-10-8-11-16-43/h8-40,67H,1-7H3/i40D. The van der Waals surface area contributed by atoms with Crippen LogP contribution in [0.3, 0.4) is 0 Å². The van der Waals surface area contributed by atoms with Crippen LogP contribution in [0.4, 0.5) is 0 Å². The first kappa shape index (κ1) is 41.9. The van der Waals surface area contributed by atoms with Gasteiger partial charge in [0.15, 0.2) is 0 Å². The van der Waals surface area contributed by atoms with Crippen molar-refractivity contribution in [3.8, 4) is 89.7 Å². The molecule has 2 aromatic heterocycles. The lowest BCUT2D eigenvalue weighted by molar-refractivity contribution is 0.472. The summed E-state index contributed by atoms with van der Waals surface area (Å²) in [5.74, 6) is -0.00237. The molecule has 8 aromatic carbocycles. The van der Waals surface area contributed by atoms with Gasteiger partial charge in [-0.1, -0.05) is 168 Å². The molecular formula is C63H55N3O. The monoisotopic (exact) mass is 870 g/mol. The Balaban J connectivity index is 1.19. The van der Waals surface area contributed by atoms with Crippen LogP contribution in [0, 0.1) is 13.8 Å². The average Bonchev–Trinajstić information content (AvgIpc) is 3.74. The number of aromatic hydroxyl groups is 1. The number of benzene rings is 8. The Kier molecular flexibility index (Phi) is 10.9. The molecule has 0 radical (unpaired) electrons. The van der Waals surface area contributed by atoms with Crippen LogP contribution in [-0.2, 0) is 5.41 Å². The molecule has 4 heteroatoms. The van der Waals surface area contributed by atoms with Gasteiger partial charge in [-0.25, -0.2) is 4.98 Å². The van der Waals surface area contributed by atoms with Crippen LogP contribution in [-0.4, -0.2) is 19.6 Å². The first-order valence-corrected chi connectivity index (χ1v) is 23.1. The molecule has 0 spiro atoms. The minimum atomic E-state index is -0.833. The summed E-state index contributed by atoms with van der Waals surface area (Å²) in [4.78, 5) is 10.5. The number of hydrogen-bond acceptors (Lipinski definition) is 3. The number of aromatic nitrogens is 3. The number of pyridine rings is 1. The van der Waals surface area contributed by atoms with E-state index in [9.17, 15) is 5.11 Å². The maximum atomic E-state index is 11.9. The third kappa shape index (κ3) is 8.48. The Morgan fingerprint density at radius 2 is 1.13 bits per heavy atom. The van der Waals surface area contributed by atoms with Crippen LogP contribution >= 0.6 is 0 Å². The maximum Gasteiger partial charge on any atom is 0.149 e. The van der Waals surface area contributed by atoms with Crippen LogP contribution < -0.4 is 0 Å². The molecule has 0 bridgehead atoms. The van der Waals surface area contributed by atoms with Gasteiger partial charge in [0.2, 0.25) is 0 Å². The lowest BCUT2D eigenvalue weighted by Crippen LogP contribution is -2.10. The lowest BCUT2D eigenvalue weighted by atomic mass is 9.86. The summed E-state index contributed by atoms with van der Waals surface area (Å²) in [6.07, 6.45) is 1.90. The minimum Gasteiger partial charge on any atom is -0.507 e. The molecule has 0 saturated heterocycles. The highest BCUT2D eigenvalue weighted by Crippen LogP contribution is 2.43. The molecule has 4 nitrogen and oxygen atoms in total. The van der Waals surface area contributed by atoms with Crippen molar-refractivity contribution in [2.45, 2.75) is 59.8 Å². The summed E-state index contributed by atoms with van der Waals surface area (Å²) >= 11 is 0. The molecule has 67 heavy (non-hydrogen) atoms. The van der Waals surface area contributed by atoms with E-state index in [2.05, 4.69) is 196 Å². The molecule has 0 fully saturated rings. The van der Waals surface area contributed by atoms with Gasteiger partial charge in [-0.3, -0.25) is 9.55 Å². The fourth-order valence-electron chi connectivity index (χ4n) is 9.29. The summed E-state index contributed by atoms with van der Waals surface area (Å²) in [6.45, 7) is 14.5. The number of nitrogens with zero attached hydrogens (tertiary/aromatic N) is 3. The zero-order chi connectivity index (χ0) is 47.3. The molecule has 0 aliphatic carbocycles. The van der Waals surface area contributed by atoms with Crippen LogP contribution in [0.1, 0.15) is 64.1 Å². The Bertz CT molecular complexity index is 3470. The van der Waals surface area contributed by atoms with Crippen molar-refractivity contribution in [3.63, 3.8) is 0 Å². The van der Waals surface area contributed by atoms with E-state index in [0.29, 0.717) is 11.4 Å². The highest BCUT2D eigenvalue weighted by Gasteiger charge is 2.24. The second kappa shape index (κ2) is 17.5. The highest BCUT2D eigenvalue weighted by molar-refractivity contribution is 5.98. The number of imidazole rings is 1. The van der Waals surface area contributed by atoms with Crippen molar-refractivity contribution < 1.29 is 6.48 Å². The van der Waals surface area contributed by atoms with E-state index in [1.165, 1.54) is 16.7 Å². The van der Waals surface area contributed by atoms with Crippen LogP contribution in [0.25, 0.3) is 95.0 Å². The molecule has 0 amide bonds. The number of para-hydroxylation sites is 1. The molecule has 10 aromatic rings. The van der Waals surface area contributed by atoms with Crippen molar-refractivity contribution in [1.29, 1.82) is 0 Å². The van der Waals surface area contributed by atoms with E-state index < -0.39 is 5.89 Å². The molecule has 0 atom stereocenters. The predicted molar refractivity (Wildman–Crippen MR) is 281 cm³/mol. The van der Waals surface area contributed by atoms with E-state index in [1.54, 1.807) is 0 Å². The maximum absolute atomic E-state index is 11.9. The first-order chi connectivity index (χ1) is 32.7. The summed E-state index contributed by atoms with van der Waals surface area (Å²) in [6, 6.07) is 66.2. The van der Waals surface area contributed by atoms with Gasteiger partial charge in [0.1, 0.15) is 11.6 Å². The van der Waals surface area contributed by atoms with E-state index in [4.69, 9.17) is 11.3 Å². The highest BCUT2D eigenvalue weighted by atomic mass is 16.3. The van der Waals surface area contributed by atoms with Crippen LogP contribution in [0.15, 0.2) is 194 Å². The van der Waals surface area contributed by atoms with Crippen molar-refractivity contribution in [3.05, 3.63) is 217 Å². The largest absolute Gasteiger partial charge is 0.507 e. The van der Waals surface area contributed by atoms with Gasteiger partial charge >= 0.3 is 0 Å². The van der Waals surface area contributed by atoms with Gasteiger partial charge in [-0.2, -0.15) is 0 Å². The van der Waals surface area contributed by atoms with Gasteiger partial charge in [-0.05, 0) is 147 Å². The molecular weight excluding hydrogens is 815 g/mol. The zero-order valence-electron chi connectivity index (χ0n) is 40.3. The summed E-state index contributed by atoms with van der Waals surface area (Å²) < 4.78 is 11.3. The molecule has 10 rings (SSSR count). The van der Waals surface area contributed by atoms with Crippen molar-refractivity contribution in [2.75, 3.05) is 0 Å². The smallest absolute Gasteiger partial charge is 0.149 e. The predicted octanol–water partition coefficient (Wildman–Crippen LogP) is 16.8. The Labute approximate surface area is 396 Å². The van der Waals surface area contributed by atoms with E-state index in [-0.39, 0.29) is 11.2 Å². The molecule has 0 aliphatic heterocycles. The Morgan fingerprint density at radius 1 is 0.522 bits per heavy atom. The van der Waals surface area contributed by atoms with Crippen LogP contribution in [0.5, 0.6) is 5.75 Å². The second-order valence-electron chi connectivity index (χ2n) is 19.0. The topological polar surface area (TPSA) is 50.9 Å². The summed E-state index contributed by atoms with van der Waals surface area (Å²) in [7, 11) is 0. The molecule has 0 saturated carbocycles. The third-order valence-electron chi connectivity index (χ3n) is 13.0. The van der Waals surface area contributed by atoms with Gasteiger partial charge in [0, 0.05) is 24.3 Å². The fourth-order valence-corrected chi connectivity index (χ4v) is 9.29. The lowest BCUT2D eigenvalue weighted by Gasteiger charge is -2.21. The van der Waals surface area contributed by atoms with Gasteiger partial charge < -0.3 is 5.11 Å². The second-order valence-corrected chi connectivity index (χ2v) is 19.0. The normalized spacial score (nSPS) is 12.1. The van der Waals surface area contributed by atoms with Gasteiger partial charge in [-0.15, -0.1) is 0 Å². The Hall–Kier alpha value is -7.82. The summed E-state index contributed by atoms with van der Waals surface area (Å²) in [5.41, 5.74) is 19.8. The number of rotatable bonds is 9. The molecule has 0 aliphatic rings. The van der Waals surface area contributed by atoms with E-state index in [0.717, 1.165) is 89.2 Å². The van der Waals surface area contributed by atoms with Crippen molar-refractivity contribution in [1.82, 2.24) is 14.5 Å². The third-order valence-corrected chi connectivity index (χ3v) is 13.0. The van der Waals surface area contributed by atoms with E-state index in [1.807, 2.05) is 51.2 Å². The molecule has 1 N–H and O–H groups in total. The number of aryl methyl sites for hydroxylation is 2. The Morgan fingerprint density at radius 3 is 1.81 bits per heavy atom. The van der Waals surface area contributed by atoms with E-state index >= 15 is 0 Å². The summed E-state index contributed by atoms with van der Waals surface area (Å²) in [5, 5.41) is 11.9. The van der Waals surface area contributed by atoms with Gasteiger partial charge in [0.25, 0.3) is 0 Å². The van der Waals surface area contributed by atoms with Crippen LogP contribution in [0.2, 0.25) is 0 Å². The average molecular weight is 871 g/mol. The molecule has 328 valence electrons. The first-order valence-electron chi connectivity index (χ1n) is 23.6. The SMILES string of the molecule is [2H]C(C)(C)c1ccc(-n2c(-c3cc(C)cc(C)c3O)nc3c(-c4cc(-c5ccccc5)cc(-c5cc(-c6ccc(-c7ccccc7)cc6)ccn5)c4)cccc32)c(-c2ccc(C(C)(C)C)cc2)c1. The number of phenols is 1. The molecule has 0 unspecified atom stereocenters. The fraction of sp³-hybridized carbons (Fsp3) is 0.143. The zero-order valence-corrected chi connectivity index (χ0v) is 39.3. The number of hydrogen-bond donors (Lipinski definition) is 1.